The third-order valence-corrected chi connectivity index (χ3v) is 4.12. The molecule has 2 heterocycles. The minimum absolute atomic E-state index is 0.202. The normalized spacial score (nSPS) is 12.7. The van der Waals surface area contributed by atoms with Crippen molar-refractivity contribution in [1.82, 2.24) is 30.0 Å². The van der Waals surface area contributed by atoms with Gasteiger partial charge in [-0.2, -0.15) is 13.9 Å². The lowest BCUT2D eigenvalue weighted by atomic mass is 10.1. The summed E-state index contributed by atoms with van der Waals surface area (Å²) in [5, 5.41) is 9.74. The quantitative estimate of drug-likeness (QED) is 0.672. The van der Waals surface area contributed by atoms with E-state index >= 15 is 0 Å². The summed E-state index contributed by atoms with van der Waals surface area (Å²) in [5.41, 5.74) is 1.62. The van der Waals surface area contributed by atoms with Crippen LogP contribution in [0.3, 0.4) is 0 Å². The summed E-state index contributed by atoms with van der Waals surface area (Å²) >= 11 is 0. The monoisotopic (exact) mass is 362 g/mol. The van der Waals surface area contributed by atoms with E-state index in [1.807, 2.05) is 0 Å². The fourth-order valence-electron chi connectivity index (χ4n) is 2.93. The fourth-order valence-corrected chi connectivity index (χ4v) is 2.93. The number of hydrogen-bond acceptors (Lipinski definition) is 4. The van der Waals surface area contributed by atoms with Crippen LogP contribution in [-0.4, -0.2) is 38.8 Å². The Bertz CT molecular complexity index is 904. The van der Waals surface area contributed by atoms with Gasteiger partial charge in [0.25, 0.3) is 0 Å². The number of benzene rings is 1. The van der Waals surface area contributed by atoms with Crippen molar-refractivity contribution in [3.8, 4) is 0 Å². The first-order valence-electron chi connectivity index (χ1n) is 8.18. The molecule has 3 rings (SSSR count). The predicted molar refractivity (Wildman–Crippen MR) is 92.7 cm³/mol. The molecule has 138 valence electrons. The molecule has 0 aliphatic carbocycles. The summed E-state index contributed by atoms with van der Waals surface area (Å²) in [5.74, 6) is -0.0101. The molecule has 1 unspecified atom stereocenters. The van der Waals surface area contributed by atoms with Crippen molar-refractivity contribution in [2.75, 3.05) is 13.6 Å². The smallest absolute Gasteiger partial charge is 0.320 e. The van der Waals surface area contributed by atoms with Crippen molar-refractivity contribution in [2.24, 2.45) is 7.05 Å². The van der Waals surface area contributed by atoms with Gasteiger partial charge >= 0.3 is 6.55 Å². The Morgan fingerprint density at radius 1 is 1.31 bits per heavy atom. The number of alkyl halides is 2. The third kappa shape index (κ3) is 3.57. The largest absolute Gasteiger partial charge is 0.354 e. The number of halogens is 2. The summed E-state index contributed by atoms with van der Waals surface area (Å²) in [6.45, 7) is -2.48. The molecule has 9 heteroatoms. The average molecular weight is 362 g/mol. The second-order valence-corrected chi connectivity index (χ2v) is 5.87. The maximum atomic E-state index is 13.4. The van der Waals surface area contributed by atoms with Gasteiger partial charge in [0.1, 0.15) is 11.9 Å². The number of aromatic nitrogens is 4. The molecule has 0 spiro atoms. The Morgan fingerprint density at radius 3 is 2.73 bits per heavy atom. The van der Waals surface area contributed by atoms with Crippen LogP contribution < -0.4 is 10.6 Å². The summed E-state index contributed by atoms with van der Waals surface area (Å²) < 4.78 is 29.3. The van der Waals surface area contributed by atoms with Crippen LogP contribution in [0.2, 0.25) is 0 Å². The van der Waals surface area contributed by atoms with Gasteiger partial charge in [-0.15, -0.1) is 0 Å². The lowest BCUT2D eigenvalue weighted by Gasteiger charge is -2.14. The number of nitrogens with zero attached hydrogens (tertiary/aromatic N) is 4. The third-order valence-electron chi connectivity index (χ3n) is 4.12. The van der Waals surface area contributed by atoms with Gasteiger partial charge in [-0.05, 0) is 19.2 Å². The number of rotatable bonds is 7. The van der Waals surface area contributed by atoms with Gasteiger partial charge in [0.05, 0.1) is 17.2 Å². The Balaban J connectivity index is 1.68. The number of hydrogen-bond donors (Lipinski definition) is 2. The Hall–Kier alpha value is -2.81. The van der Waals surface area contributed by atoms with Gasteiger partial charge in [0.2, 0.25) is 5.91 Å². The Morgan fingerprint density at radius 2 is 2.08 bits per heavy atom. The van der Waals surface area contributed by atoms with Crippen LogP contribution in [0.1, 0.15) is 24.0 Å². The van der Waals surface area contributed by atoms with Gasteiger partial charge in [-0.1, -0.05) is 12.1 Å². The van der Waals surface area contributed by atoms with Crippen molar-refractivity contribution in [2.45, 2.75) is 19.0 Å². The van der Waals surface area contributed by atoms with Crippen LogP contribution in [0.15, 0.2) is 36.7 Å². The number of likely N-dealkylation sites (N-methyl/N-ethyl adjacent to an activating group) is 1. The number of carbonyl (C=O) groups excluding carboxylic acids is 1. The van der Waals surface area contributed by atoms with E-state index in [1.54, 1.807) is 55.4 Å². The number of nitrogens with one attached hydrogen (secondary N) is 2. The predicted octanol–water partition coefficient (Wildman–Crippen LogP) is 1.78. The standard InChI is InChI=1S/C17H20F2N6O/c1-20-15(11-9-22-24(2)10-11)16(26)21-8-7-14-23-12-5-3-4-6-13(12)25(14)17(18)19/h3-6,9-10,15,17,20H,7-8H2,1-2H3,(H,21,26). The van der Waals surface area contributed by atoms with Crippen LogP contribution >= 0.6 is 0 Å². The van der Waals surface area contributed by atoms with Gasteiger partial charge < -0.3 is 10.6 Å². The first-order valence-corrected chi connectivity index (χ1v) is 8.18. The lowest BCUT2D eigenvalue weighted by Crippen LogP contribution is -2.37. The minimum Gasteiger partial charge on any atom is -0.354 e. The molecule has 1 aromatic carbocycles. The number of para-hydroxylation sites is 2. The molecule has 3 aromatic rings. The van der Waals surface area contributed by atoms with E-state index in [-0.39, 0.29) is 24.7 Å². The van der Waals surface area contributed by atoms with E-state index < -0.39 is 12.6 Å². The SMILES string of the molecule is CNC(C(=O)NCCc1nc2ccccc2n1C(F)F)c1cnn(C)c1. The highest BCUT2D eigenvalue weighted by atomic mass is 19.3. The van der Waals surface area contributed by atoms with E-state index in [1.165, 1.54) is 0 Å². The highest BCUT2D eigenvalue weighted by Gasteiger charge is 2.21. The second kappa shape index (κ2) is 7.61. The molecule has 26 heavy (non-hydrogen) atoms. The van der Waals surface area contributed by atoms with E-state index in [2.05, 4.69) is 20.7 Å². The van der Waals surface area contributed by atoms with Crippen LogP contribution in [0.5, 0.6) is 0 Å². The first kappa shape index (κ1) is 18.0. The van der Waals surface area contributed by atoms with Gasteiger partial charge in [-0.3, -0.25) is 14.0 Å². The number of fused-ring (bicyclic) bond motifs is 1. The molecule has 2 N–H and O–H groups in total. The van der Waals surface area contributed by atoms with Crippen molar-refractivity contribution in [3.05, 3.63) is 48.0 Å². The number of imidazole rings is 1. The summed E-state index contributed by atoms with van der Waals surface area (Å²) in [6.07, 6.45) is 3.56. The molecule has 2 aromatic heterocycles. The van der Waals surface area contributed by atoms with Gasteiger partial charge in [0.15, 0.2) is 0 Å². The summed E-state index contributed by atoms with van der Waals surface area (Å²) in [6, 6.07) is 6.19. The van der Waals surface area contributed by atoms with Gasteiger partial charge in [-0.25, -0.2) is 4.98 Å². The van der Waals surface area contributed by atoms with Crippen molar-refractivity contribution in [3.63, 3.8) is 0 Å². The Kier molecular flexibility index (Phi) is 5.27. The van der Waals surface area contributed by atoms with Crippen LogP contribution in [0.4, 0.5) is 8.78 Å². The number of amides is 1. The Labute approximate surface area is 149 Å². The molecule has 0 radical (unpaired) electrons. The zero-order chi connectivity index (χ0) is 18.7. The van der Waals surface area contributed by atoms with E-state index in [9.17, 15) is 13.6 Å². The van der Waals surface area contributed by atoms with Crippen LogP contribution in [0, 0.1) is 0 Å². The molecular weight excluding hydrogens is 342 g/mol. The number of carbonyl (C=O) groups is 1. The average Bonchev–Trinajstić information content (AvgIpc) is 3.19. The molecule has 0 aliphatic rings. The molecule has 0 bridgehead atoms. The van der Waals surface area contributed by atoms with Crippen molar-refractivity contribution in [1.29, 1.82) is 0 Å². The molecule has 1 amide bonds. The fraction of sp³-hybridized carbons (Fsp3) is 0.353. The highest BCUT2D eigenvalue weighted by Crippen LogP contribution is 2.23. The first-order chi connectivity index (χ1) is 12.5. The van der Waals surface area contributed by atoms with Crippen molar-refractivity contribution >= 4 is 16.9 Å². The minimum atomic E-state index is -2.69. The molecule has 0 aliphatic heterocycles. The van der Waals surface area contributed by atoms with Crippen LogP contribution in [-0.2, 0) is 18.3 Å². The molecule has 0 saturated carbocycles. The lowest BCUT2D eigenvalue weighted by molar-refractivity contribution is -0.123. The summed E-state index contributed by atoms with van der Waals surface area (Å²) in [7, 11) is 3.44. The molecule has 0 fully saturated rings. The van der Waals surface area contributed by atoms with E-state index in [0.29, 0.717) is 11.0 Å². The van der Waals surface area contributed by atoms with E-state index in [4.69, 9.17) is 0 Å². The van der Waals surface area contributed by atoms with Gasteiger partial charge in [0, 0.05) is 31.8 Å². The molecule has 0 saturated heterocycles. The maximum Gasteiger partial charge on any atom is 0.320 e. The zero-order valence-electron chi connectivity index (χ0n) is 14.5. The second-order valence-electron chi connectivity index (χ2n) is 5.87. The molecule has 1 atom stereocenters. The summed E-state index contributed by atoms with van der Waals surface area (Å²) in [4.78, 5) is 16.6. The molecule has 7 nitrogen and oxygen atoms in total. The van der Waals surface area contributed by atoms with Crippen LogP contribution in [0.25, 0.3) is 11.0 Å². The highest BCUT2D eigenvalue weighted by molar-refractivity contribution is 5.83. The van der Waals surface area contributed by atoms with Crippen molar-refractivity contribution < 1.29 is 13.6 Å². The number of aryl methyl sites for hydroxylation is 1. The van der Waals surface area contributed by atoms with E-state index in [0.717, 1.165) is 10.1 Å². The maximum absolute atomic E-state index is 13.4. The zero-order valence-corrected chi connectivity index (χ0v) is 14.5. The topological polar surface area (TPSA) is 76.8 Å². The molecular formula is C17H20F2N6O.